The van der Waals surface area contributed by atoms with Crippen LogP contribution in [0.25, 0.3) is 0 Å². The van der Waals surface area contributed by atoms with Crippen LogP contribution in [-0.4, -0.2) is 61.9 Å². The van der Waals surface area contributed by atoms with Crippen LogP contribution in [-0.2, 0) is 21.1 Å². The monoisotopic (exact) mass is 506 g/mol. The topological polar surface area (TPSA) is 210 Å². The lowest BCUT2D eigenvalue weighted by molar-refractivity contribution is -0.136. The first-order valence-electron chi connectivity index (χ1n) is 10.0. The number of aromatic nitrogens is 6. The van der Waals surface area contributed by atoms with E-state index in [0.717, 1.165) is 25.7 Å². The molecule has 34 heavy (non-hydrogen) atoms. The number of ketones is 1. The van der Waals surface area contributed by atoms with Gasteiger partial charge in [-0.1, -0.05) is 29.3 Å². The Morgan fingerprint density at radius 3 is 2.65 bits per heavy atom. The van der Waals surface area contributed by atoms with E-state index < -0.39 is 37.6 Å². The number of carboxylic acid groups (broad SMARTS) is 1. The predicted octanol–water partition coefficient (Wildman–Crippen LogP) is 1.53. The molecule has 3 aromatic rings. The van der Waals surface area contributed by atoms with Crippen LogP contribution in [0.3, 0.4) is 0 Å². The largest absolute Gasteiger partial charge is 0.481 e. The molecular formula is C18H18N8O6S2. The Morgan fingerprint density at radius 1 is 1.21 bits per heavy atom. The maximum absolute atomic E-state index is 12.8. The SMILES string of the molecule is O=C(O)Cc1nc(NC(=O)Nc2ccncc2C(=O)C2CCCC2)sc1S(=O)(=O)c1nn[nH]n1. The third kappa shape index (κ3) is 4.91. The molecular weight excluding hydrogens is 488 g/mol. The summed E-state index contributed by atoms with van der Waals surface area (Å²) in [7, 11) is -4.32. The van der Waals surface area contributed by atoms with Gasteiger partial charge in [0.05, 0.1) is 23.4 Å². The highest BCUT2D eigenvalue weighted by atomic mass is 32.2. The molecule has 0 radical (unpaired) electrons. The van der Waals surface area contributed by atoms with Gasteiger partial charge in [-0.2, -0.15) is 5.21 Å². The highest BCUT2D eigenvalue weighted by Gasteiger charge is 2.31. The normalized spacial score (nSPS) is 14.1. The summed E-state index contributed by atoms with van der Waals surface area (Å²) < 4.78 is 25.1. The highest BCUT2D eigenvalue weighted by molar-refractivity contribution is 7.93. The number of rotatable bonds is 8. The second kappa shape index (κ2) is 9.60. The summed E-state index contributed by atoms with van der Waals surface area (Å²) in [6.07, 6.45) is 5.60. The average Bonchev–Trinajstić information content (AvgIpc) is 3.55. The number of carbonyl (C=O) groups is 3. The smallest absolute Gasteiger partial charge is 0.325 e. The van der Waals surface area contributed by atoms with Gasteiger partial charge in [0.25, 0.3) is 15.0 Å². The zero-order valence-electron chi connectivity index (χ0n) is 17.4. The molecule has 178 valence electrons. The number of nitrogens with one attached hydrogen (secondary N) is 3. The van der Waals surface area contributed by atoms with Crippen molar-refractivity contribution in [2.75, 3.05) is 10.6 Å². The lowest BCUT2D eigenvalue weighted by Gasteiger charge is -2.13. The van der Waals surface area contributed by atoms with Gasteiger partial charge in [0, 0.05) is 18.3 Å². The number of nitrogens with zero attached hydrogens (tertiary/aromatic N) is 5. The van der Waals surface area contributed by atoms with Gasteiger partial charge in [-0.3, -0.25) is 19.9 Å². The molecule has 2 amide bonds. The van der Waals surface area contributed by atoms with Crippen LogP contribution in [0.5, 0.6) is 0 Å². The first kappa shape index (κ1) is 23.4. The lowest BCUT2D eigenvalue weighted by Crippen LogP contribution is -2.22. The summed E-state index contributed by atoms with van der Waals surface area (Å²) in [6, 6.07) is 0.678. The van der Waals surface area contributed by atoms with Gasteiger partial charge in [-0.05, 0) is 24.1 Å². The molecule has 0 saturated heterocycles. The van der Waals surface area contributed by atoms with E-state index in [-0.39, 0.29) is 33.8 Å². The fourth-order valence-corrected chi connectivity index (χ4v) is 6.08. The van der Waals surface area contributed by atoms with Crippen molar-refractivity contribution in [3.8, 4) is 0 Å². The fourth-order valence-electron chi connectivity index (χ4n) is 3.56. The molecule has 4 rings (SSSR count). The van der Waals surface area contributed by atoms with Gasteiger partial charge in [0.2, 0.25) is 0 Å². The minimum absolute atomic E-state index is 0.104. The minimum atomic E-state index is -4.32. The van der Waals surface area contributed by atoms with Crippen LogP contribution in [0.2, 0.25) is 0 Å². The van der Waals surface area contributed by atoms with Gasteiger partial charge in [0.15, 0.2) is 15.1 Å². The van der Waals surface area contributed by atoms with Crippen molar-refractivity contribution >= 4 is 49.8 Å². The lowest BCUT2D eigenvalue weighted by atomic mass is 9.96. The molecule has 0 spiro atoms. The van der Waals surface area contributed by atoms with Crippen molar-refractivity contribution in [1.82, 2.24) is 30.6 Å². The number of carboxylic acids is 1. The van der Waals surface area contributed by atoms with E-state index in [9.17, 15) is 22.8 Å². The molecule has 0 unspecified atom stereocenters. The minimum Gasteiger partial charge on any atom is -0.481 e. The summed E-state index contributed by atoms with van der Waals surface area (Å²) in [6.45, 7) is 0. The molecule has 16 heteroatoms. The number of aliphatic carboxylic acids is 1. The molecule has 1 saturated carbocycles. The zero-order valence-corrected chi connectivity index (χ0v) is 19.0. The number of tetrazole rings is 1. The number of aromatic amines is 1. The number of H-pyrrole nitrogens is 1. The number of anilines is 2. The van der Waals surface area contributed by atoms with Gasteiger partial charge in [-0.25, -0.2) is 18.2 Å². The third-order valence-corrected chi connectivity index (χ3v) is 8.17. The van der Waals surface area contributed by atoms with E-state index in [1.807, 2.05) is 5.21 Å². The van der Waals surface area contributed by atoms with Gasteiger partial charge >= 0.3 is 12.0 Å². The third-order valence-electron chi connectivity index (χ3n) is 5.07. The van der Waals surface area contributed by atoms with Crippen LogP contribution < -0.4 is 10.6 Å². The van der Waals surface area contributed by atoms with Crippen molar-refractivity contribution in [2.24, 2.45) is 5.92 Å². The summed E-state index contributed by atoms with van der Waals surface area (Å²) in [4.78, 5) is 44.6. The number of Topliss-reactive ketones (excluding diaryl/α,β-unsaturated/α-hetero) is 1. The molecule has 0 aromatic carbocycles. The summed E-state index contributed by atoms with van der Waals surface area (Å²) >= 11 is 0.541. The Balaban J connectivity index is 1.56. The Hall–Kier alpha value is -3.79. The molecule has 4 N–H and O–H groups in total. The van der Waals surface area contributed by atoms with Crippen molar-refractivity contribution in [3.05, 3.63) is 29.7 Å². The van der Waals surface area contributed by atoms with Crippen LogP contribution in [0, 0.1) is 5.92 Å². The molecule has 1 aliphatic rings. The molecule has 0 atom stereocenters. The first-order valence-corrected chi connectivity index (χ1v) is 12.3. The second-order valence-electron chi connectivity index (χ2n) is 7.37. The number of sulfone groups is 1. The molecule has 3 heterocycles. The Morgan fingerprint density at radius 2 is 1.97 bits per heavy atom. The quantitative estimate of drug-likeness (QED) is 0.322. The van der Waals surface area contributed by atoms with Crippen LogP contribution in [0.4, 0.5) is 15.6 Å². The highest BCUT2D eigenvalue weighted by Crippen LogP contribution is 2.32. The van der Waals surface area contributed by atoms with Gasteiger partial charge < -0.3 is 10.4 Å². The summed E-state index contributed by atoms with van der Waals surface area (Å²) in [5.41, 5.74) is 0.223. The molecule has 0 bridgehead atoms. The molecule has 1 fully saturated rings. The Bertz CT molecular complexity index is 1330. The zero-order chi connectivity index (χ0) is 24.3. The number of amides is 2. The first-order chi connectivity index (χ1) is 16.3. The average molecular weight is 507 g/mol. The van der Waals surface area contributed by atoms with Crippen LogP contribution in [0.15, 0.2) is 27.8 Å². The van der Waals surface area contributed by atoms with E-state index >= 15 is 0 Å². The van der Waals surface area contributed by atoms with E-state index in [1.54, 1.807) is 0 Å². The number of hydrogen-bond donors (Lipinski definition) is 4. The van der Waals surface area contributed by atoms with Gasteiger partial charge in [0.1, 0.15) is 0 Å². The van der Waals surface area contributed by atoms with Crippen LogP contribution in [0.1, 0.15) is 41.7 Å². The predicted molar refractivity (Wildman–Crippen MR) is 116 cm³/mol. The number of urea groups is 1. The Kier molecular flexibility index (Phi) is 6.60. The number of pyridine rings is 1. The standard InChI is InChI=1S/C18H18N8O6S2/c27-13(28)7-12-15(34(31,32)18-23-25-26-24-18)33-17(21-12)22-16(30)20-11-5-6-19-8-10(11)14(29)9-3-1-2-4-9/h5-6,8-9H,1-4,7H2,(H,27,28)(H,23,24,25,26)(H2,19,20,21,22,30). The maximum atomic E-state index is 12.8. The molecule has 14 nitrogen and oxygen atoms in total. The second-order valence-corrected chi connectivity index (χ2v) is 10.4. The van der Waals surface area contributed by atoms with Crippen molar-refractivity contribution in [1.29, 1.82) is 0 Å². The van der Waals surface area contributed by atoms with E-state index in [1.165, 1.54) is 18.5 Å². The molecule has 1 aliphatic carbocycles. The van der Waals surface area contributed by atoms with Crippen molar-refractivity contribution < 1.29 is 27.9 Å². The summed E-state index contributed by atoms with van der Waals surface area (Å²) in [5.74, 6) is -1.55. The maximum Gasteiger partial charge on any atom is 0.325 e. The molecule has 3 aromatic heterocycles. The number of thiazole rings is 1. The van der Waals surface area contributed by atoms with E-state index in [4.69, 9.17) is 5.11 Å². The van der Waals surface area contributed by atoms with Gasteiger partial charge in [-0.15, -0.1) is 5.10 Å². The van der Waals surface area contributed by atoms with E-state index in [2.05, 4.69) is 36.0 Å². The number of hydrogen-bond acceptors (Lipinski definition) is 11. The Labute approximate surface area is 196 Å². The molecule has 0 aliphatic heterocycles. The summed E-state index contributed by atoms with van der Waals surface area (Å²) in [5, 5.41) is 25.3. The van der Waals surface area contributed by atoms with E-state index in [0.29, 0.717) is 11.3 Å². The van der Waals surface area contributed by atoms with Crippen molar-refractivity contribution in [2.45, 2.75) is 41.5 Å². The van der Waals surface area contributed by atoms with Crippen molar-refractivity contribution in [3.63, 3.8) is 0 Å². The fraction of sp³-hybridized carbons (Fsp3) is 0.333. The van der Waals surface area contributed by atoms with Crippen LogP contribution >= 0.6 is 11.3 Å². The number of carbonyl (C=O) groups excluding carboxylic acids is 2.